The molecule has 0 aliphatic rings. The molecule has 0 aromatic heterocycles. The van der Waals surface area contributed by atoms with Gasteiger partial charge >= 0.3 is 0 Å². The molecule has 4 heteroatoms. The predicted octanol–water partition coefficient (Wildman–Crippen LogP) is 3.62. The Kier molecular flexibility index (Phi) is 5.82. The highest BCUT2D eigenvalue weighted by Gasteiger charge is 2.17. The van der Waals surface area contributed by atoms with Gasteiger partial charge in [-0.2, -0.15) is 8.42 Å². The molecule has 0 aliphatic heterocycles. The van der Waals surface area contributed by atoms with Crippen molar-refractivity contribution in [1.29, 1.82) is 0 Å². The Morgan fingerprint density at radius 1 is 1.06 bits per heavy atom. The number of rotatable bonds is 7. The van der Waals surface area contributed by atoms with Crippen molar-refractivity contribution in [3.8, 4) is 0 Å². The van der Waals surface area contributed by atoms with Gasteiger partial charge in [0.05, 0.1) is 4.90 Å². The first-order valence-electron chi connectivity index (χ1n) is 6.59. The van der Waals surface area contributed by atoms with Crippen molar-refractivity contribution in [3.05, 3.63) is 29.3 Å². The number of unbranched alkanes of at least 4 members (excludes halogenated alkanes) is 2. The van der Waals surface area contributed by atoms with Gasteiger partial charge in [-0.25, -0.2) is 0 Å². The first-order valence-corrected chi connectivity index (χ1v) is 8.03. The van der Waals surface area contributed by atoms with Crippen molar-refractivity contribution in [3.63, 3.8) is 0 Å². The fourth-order valence-corrected chi connectivity index (χ4v) is 2.98. The third kappa shape index (κ3) is 4.10. The summed E-state index contributed by atoms with van der Waals surface area (Å²) in [6, 6.07) is 5.17. The summed E-state index contributed by atoms with van der Waals surface area (Å²) in [7, 11) is -4.11. The van der Waals surface area contributed by atoms with Crippen molar-refractivity contribution in [2.45, 2.75) is 57.3 Å². The second-order valence-electron chi connectivity index (χ2n) is 4.58. The summed E-state index contributed by atoms with van der Waals surface area (Å²) in [6.45, 7) is 4.15. The molecule has 0 radical (unpaired) electrons. The van der Waals surface area contributed by atoms with Gasteiger partial charge in [-0.05, 0) is 36.5 Å². The van der Waals surface area contributed by atoms with E-state index in [-0.39, 0.29) is 4.90 Å². The SMILES string of the molecule is CCCCCc1cccc(S(=O)(=O)O)c1CCC. The van der Waals surface area contributed by atoms with Crippen LogP contribution < -0.4 is 0 Å². The molecule has 0 fully saturated rings. The van der Waals surface area contributed by atoms with Gasteiger partial charge in [-0.1, -0.05) is 45.2 Å². The van der Waals surface area contributed by atoms with Crippen LogP contribution in [0.2, 0.25) is 0 Å². The van der Waals surface area contributed by atoms with Gasteiger partial charge in [0.25, 0.3) is 10.1 Å². The minimum Gasteiger partial charge on any atom is -0.282 e. The zero-order chi connectivity index (χ0) is 13.6. The zero-order valence-electron chi connectivity index (χ0n) is 11.1. The highest BCUT2D eigenvalue weighted by molar-refractivity contribution is 7.85. The van der Waals surface area contributed by atoms with E-state index in [1.165, 1.54) is 6.07 Å². The van der Waals surface area contributed by atoms with Crippen molar-refractivity contribution in [1.82, 2.24) is 0 Å². The molecular weight excluding hydrogens is 248 g/mol. The Balaban J connectivity index is 3.09. The minimum atomic E-state index is -4.11. The molecule has 0 atom stereocenters. The van der Waals surface area contributed by atoms with Gasteiger partial charge in [0.15, 0.2) is 0 Å². The summed E-state index contributed by atoms with van der Waals surface area (Å²) in [6.07, 6.45) is 5.78. The van der Waals surface area contributed by atoms with Crippen LogP contribution in [-0.4, -0.2) is 13.0 Å². The summed E-state index contributed by atoms with van der Waals surface area (Å²) in [5.41, 5.74) is 1.85. The van der Waals surface area contributed by atoms with Crippen molar-refractivity contribution >= 4 is 10.1 Å². The van der Waals surface area contributed by atoms with Crippen LogP contribution in [0.4, 0.5) is 0 Å². The molecule has 1 aromatic carbocycles. The van der Waals surface area contributed by atoms with Crippen LogP contribution in [-0.2, 0) is 23.0 Å². The molecule has 18 heavy (non-hydrogen) atoms. The number of aryl methyl sites for hydroxylation is 1. The van der Waals surface area contributed by atoms with Crippen LogP contribution in [0.5, 0.6) is 0 Å². The third-order valence-electron chi connectivity index (χ3n) is 3.06. The Bertz CT molecular complexity index is 478. The lowest BCUT2D eigenvalue weighted by Crippen LogP contribution is -2.06. The molecule has 0 unspecified atom stereocenters. The molecular formula is C14H22O3S. The molecule has 0 spiro atoms. The van der Waals surface area contributed by atoms with E-state index in [1.54, 1.807) is 6.07 Å². The van der Waals surface area contributed by atoms with Crippen LogP contribution in [0.1, 0.15) is 50.7 Å². The molecule has 3 nitrogen and oxygen atoms in total. The van der Waals surface area contributed by atoms with Gasteiger partial charge < -0.3 is 0 Å². The summed E-state index contributed by atoms with van der Waals surface area (Å²) < 4.78 is 32.0. The lowest BCUT2D eigenvalue weighted by molar-refractivity contribution is 0.481. The Hall–Kier alpha value is -0.870. The maximum absolute atomic E-state index is 11.4. The van der Waals surface area contributed by atoms with Gasteiger partial charge in [-0.3, -0.25) is 4.55 Å². The van der Waals surface area contributed by atoms with E-state index in [2.05, 4.69) is 6.92 Å². The maximum atomic E-state index is 11.4. The van der Waals surface area contributed by atoms with Crippen molar-refractivity contribution in [2.75, 3.05) is 0 Å². The van der Waals surface area contributed by atoms with E-state index < -0.39 is 10.1 Å². The average Bonchev–Trinajstić information content (AvgIpc) is 2.30. The summed E-state index contributed by atoms with van der Waals surface area (Å²) in [4.78, 5) is 0.0818. The molecule has 0 amide bonds. The van der Waals surface area contributed by atoms with E-state index in [0.717, 1.165) is 43.2 Å². The number of hydrogen-bond acceptors (Lipinski definition) is 2. The van der Waals surface area contributed by atoms with E-state index in [0.29, 0.717) is 6.42 Å². The smallest absolute Gasteiger partial charge is 0.282 e. The van der Waals surface area contributed by atoms with E-state index in [1.807, 2.05) is 13.0 Å². The van der Waals surface area contributed by atoms with Crippen LogP contribution in [0.15, 0.2) is 23.1 Å². The number of benzene rings is 1. The molecule has 0 aliphatic carbocycles. The Labute approximate surface area is 110 Å². The van der Waals surface area contributed by atoms with Gasteiger partial charge in [-0.15, -0.1) is 0 Å². The first-order chi connectivity index (χ1) is 8.50. The van der Waals surface area contributed by atoms with E-state index in [9.17, 15) is 13.0 Å². The molecule has 0 bridgehead atoms. The van der Waals surface area contributed by atoms with Crippen molar-refractivity contribution < 1.29 is 13.0 Å². The normalized spacial score (nSPS) is 11.7. The average molecular weight is 270 g/mol. The van der Waals surface area contributed by atoms with Gasteiger partial charge in [0.1, 0.15) is 0 Å². The number of hydrogen-bond donors (Lipinski definition) is 1. The van der Waals surface area contributed by atoms with Crippen LogP contribution >= 0.6 is 0 Å². The monoisotopic (exact) mass is 270 g/mol. The topological polar surface area (TPSA) is 54.4 Å². The lowest BCUT2D eigenvalue weighted by atomic mass is 9.98. The fourth-order valence-electron chi connectivity index (χ4n) is 2.19. The quantitative estimate of drug-likeness (QED) is 0.608. The fraction of sp³-hybridized carbons (Fsp3) is 0.571. The van der Waals surface area contributed by atoms with Crippen LogP contribution in [0.25, 0.3) is 0 Å². The Morgan fingerprint density at radius 2 is 1.78 bits per heavy atom. The van der Waals surface area contributed by atoms with Gasteiger partial charge in [0, 0.05) is 0 Å². The molecule has 1 rings (SSSR count). The molecule has 1 N–H and O–H groups in total. The highest BCUT2D eigenvalue weighted by atomic mass is 32.2. The van der Waals surface area contributed by atoms with Gasteiger partial charge in [0.2, 0.25) is 0 Å². The van der Waals surface area contributed by atoms with E-state index in [4.69, 9.17) is 0 Å². The molecule has 1 aromatic rings. The van der Waals surface area contributed by atoms with Crippen LogP contribution in [0.3, 0.4) is 0 Å². The first kappa shape index (κ1) is 15.2. The summed E-state index contributed by atoms with van der Waals surface area (Å²) in [5.74, 6) is 0. The van der Waals surface area contributed by atoms with Crippen molar-refractivity contribution in [2.24, 2.45) is 0 Å². The maximum Gasteiger partial charge on any atom is 0.294 e. The minimum absolute atomic E-state index is 0.0818. The largest absolute Gasteiger partial charge is 0.294 e. The molecule has 0 saturated heterocycles. The Morgan fingerprint density at radius 3 is 2.33 bits per heavy atom. The second kappa shape index (κ2) is 6.90. The predicted molar refractivity (Wildman–Crippen MR) is 73.5 cm³/mol. The van der Waals surface area contributed by atoms with E-state index >= 15 is 0 Å². The van der Waals surface area contributed by atoms with Crippen LogP contribution in [0, 0.1) is 0 Å². The summed E-state index contributed by atoms with van der Waals surface area (Å²) >= 11 is 0. The standard InChI is InChI=1S/C14H22O3S/c1-3-5-6-9-12-10-7-11-14(18(15,16)17)13(12)8-4-2/h7,10-11H,3-6,8-9H2,1-2H3,(H,15,16,17). The molecule has 0 saturated carbocycles. The highest BCUT2D eigenvalue weighted by Crippen LogP contribution is 2.23. The third-order valence-corrected chi connectivity index (χ3v) is 4.00. The zero-order valence-corrected chi connectivity index (χ0v) is 12.0. The second-order valence-corrected chi connectivity index (χ2v) is 5.97. The summed E-state index contributed by atoms with van der Waals surface area (Å²) in [5, 5.41) is 0. The lowest BCUT2D eigenvalue weighted by Gasteiger charge is -2.12. The molecule has 0 heterocycles. The molecule has 102 valence electrons.